The average Bonchev–Trinajstić information content (AvgIpc) is 2.46. The Labute approximate surface area is 106 Å². The molecule has 0 fully saturated rings. The van der Waals surface area contributed by atoms with Gasteiger partial charge in [-0.2, -0.15) is 0 Å². The van der Waals surface area contributed by atoms with Crippen LogP contribution in [0.15, 0.2) is 48.5 Å². The van der Waals surface area contributed by atoms with Gasteiger partial charge in [0.25, 0.3) is 0 Å². The highest BCUT2D eigenvalue weighted by molar-refractivity contribution is 5.25. The molecule has 2 aromatic carbocycles. The van der Waals surface area contributed by atoms with Gasteiger partial charge in [0.05, 0.1) is 0 Å². The van der Waals surface area contributed by atoms with Gasteiger partial charge in [0.15, 0.2) is 0 Å². The van der Waals surface area contributed by atoms with Crippen LogP contribution in [-0.4, -0.2) is 0 Å². The van der Waals surface area contributed by atoms with Crippen molar-refractivity contribution >= 4 is 0 Å². The fourth-order valence-corrected chi connectivity index (χ4v) is 1.88. The minimum absolute atomic E-state index is 0.412. The number of rotatable bonds is 5. The quantitative estimate of drug-likeness (QED) is 0.733. The van der Waals surface area contributed by atoms with Crippen molar-refractivity contribution in [3.05, 3.63) is 70.8 Å². The molecular weight excluding hydrogens is 230 g/mol. The van der Waals surface area contributed by atoms with Crippen molar-refractivity contribution in [1.29, 1.82) is 0 Å². The van der Waals surface area contributed by atoms with Gasteiger partial charge >= 0.3 is 0 Å². The number of benzene rings is 2. The van der Waals surface area contributed by atoms with Gasteiger partial charge in [-0.3, -0.25) is 0 Å². The zero-order valence-electron chi connectivity index (χ0n) is 10.2. The molecule has 0 aliphatic heterocycles. The second-order valence-electron chi connectivity index (χ2n) is 4.40. The second kappa shape index (κ2) is 6.29. The second-order valence-corrected chi connectivity index (χ2v) is 4.40. The first-order chi connectivity index (χ1) is 8.81. The van der Waals surface area contributed by atoms with Crippen LogP contribution in [0, 0.1) is 0 Å². The summed E-state index contributed by atoms with van der Waals surface area (Å²) >= 11 is 0. The van der Waals surface area contributed by atoms with Crippen LogP contribution in [0.5, 0.6) is 0 Å². The summed E-state index contributed by atoms with van der Waals surface area (Å²) in [5.74, 6) is 0. The molecule has 0 amide bonds. The highest BCUT2D eigenvalue weighted by Crippen LogP contribution is 2.11. The van der Waals surface area contributed by atoms with E-state index in [1.807, 2.05) is 48.5 Å². The van der Waals surface area contributed by atoms with Gasteiger partial charge in [0.2, 0.25) is 0 Å². The third kappa shape index (κ3) is 3.39. The summed E-state index contributed by atoms with van der Waals surface area (Å²) in [7, 11) is 0. The maximum absolute atomic E-state index is 12.3. The first-order valence-electron chi connectivity index (χ1n) is 6.09. The molecule has 0 aliphatic rings. The standard InChI is InChI=1S/C16H16F2/c17-11-15-7-3-13(4-8-15)1-2-14-5-9-16(12-18)10-6-14/h3-10H,1-2,11-12H2. The third-order valence-corrected chi connectivity index (χ3v) is 3.06. The smallest absolute Gasteiger partial charge is 0.115 e. The summed E-state index contributed by atoms with van der Waals surface area (Å²) < 4.78 is 24.7. The van der Waals surface area contributed by atoms with Crippen molar-refractivity contribution in [1.82, 2.24) is 0 Å². The summed E-state index contributed by atoms with van der Waals surface area (Å²) in [5, 5.41) is 0. The van der Waals surface area contributed by atoms with E-state index in [4.69, 9.17) is 0 Å². The van der Waals surface area contributed by atoms with E-state index in [0.29, 0.717) is 11.1 Å². The zero-order valence-corrected chi connectivity index (χ0v) is 10.2. The van der Waals surface area contributed by atoms with Gasteiger partial charge < -0.3 is 0 Å². The summed E-state index contributed by atoms with van der Waals surface area (Å²) in [4.78, 5) is 0. The van der Waals surface area contributed by atoms with Crippen LogP contribution in [0.1, 0.15) is 22.3 Å². The molecule has 0 radical (unpaired) electrons. The van der Waals surface area contributed by atoms with Crippen molar-refractivity contribution in [2.45, 2.75) is 26.2 Å². The summed E-state index contributed by atoms with van der Waals surface area (Å²) in [5.41, 5.74) is 3.82. The van der Waals surface area contributed by atoms with Gasteiger partial charge in [0, 0.05) is 0 Å². The molecule has 0 nitrogen and oxygen atoms in total. The van der Waals surface area contributed by atoms with E-state index in [-0.39, 0.29) is 0 Å². The predicted octanol–water partition coefficient (Wildman–Crippen LogP) is 4.41. The van der Waals surface area contributed by atoms with Gasteiger partial charge in [0.1, 0.15) is 13.3 Å². The molecule has 0 atom stereocenters. The molecule has 0 aromatic heterocycles. The van der Waals surface area contributed by atoms with E-state index in [9.17, 15) is 8.78 Å². The summed E-state index contributed by atoms with van der Waals surface area (Å²) in [6.45, 7) is -0.823. The molecule has 2 aromatic rings. The van der Waals surface area contributed by atoms with Gasteiger partial charge in [-0.1, -0.05) is 48.5 Å². The predicted molar refractivity (Wildman–Crippen MR) is 69.9 cm³/mol. The molecule has 0 N–H and O–H groups in total. The first kappa shape index (κ1) is 12.7. The van der Waals surface area contributed by atoms with E-state index in [2.05, 4.69) is 0 Å². The number of halogens is 2. The van der Waals surface area contributed by atoms with E-state index in [0.717, 1.165) is 12.8 Å². The highest BCUT2D eigenvalue weighted by Gasteiger charge is 1.98. The number of hydrogen-bond acceptors (Lipinski definition) is 0. The number of alkyl halides is 2. The van der Waals surface area contributed by atoms with Crippen molar-refractivity contribution in [3.8, 4) is 0 Å². The van der Waals surface area contributed by atoms with Crippen LogP contribution in [0.25, 0.3) is 0 Å². The van der Waals surface area contributed by atoms with Gasteiger partial charge in [-0.05, 0) is 35.1 Å². The van der Waals surface area contributed by atoms with E-state index < -0.39 is 13.3 Å². The van der Waals surface area contributed by atoms with E-state index in [1.165, 1.54) is 11.1 Å². The Morgan fingerprint density at radius 3 is 1.06 bits per heavy atom. The third-order valence-electron chi connectivity index (χ3n) is 3.06. The maximum atomic E-state index is 12.3. The lowest BCUT2D eigenvalue weighted by molar-refractivity contribution is 0.485. The molecule has 0 bridgehead atoms. The Hall–Kier alpha value is -1.70. The van der Waals surface area contributed by atoms with E-state index in [1.54, 1.807) is 0 Å². The lowest BCUT2D eigenvalue weighted by atomic mass is 10.0. The van der Waals surface area contributed by atoms with Crippen molar-refractivity contribution < 1.29 is 8.78 Å². The van der Waals surface area contributed by atoms with Crippen molar-refractivity contribution in [2.24, 2.45) is 0 Å². The minimum Gasteiger partial charge on any atom is -0.246 e. The lowest BCUT2D eigenvalue weighted by Gasteiger charge is -2.04. The Morgan fingerprint density at radius 2 is 0.778 bits per heavy atom. The Morgan fingerprint density at radius 1 is 0.500 bits per heavy atom. The zero-order chi connectivity index (χ0) is 12.8. The van der Waals surface area contributed by atoms with Crippen LogP contribution in [0.2, 0.25) is 0 Å². The average molecular weight is 246 g/mol. The van der Waals surface area contributed by atoms with Crippen molar-refractivity contribution in [2.75, 3.05) is 0 Å². The highest BCUT2D eigenvalue weighted by atomic mass is 19.1. The molecule has 94 valence electrons. The molecule has 0 saturated heterocycles. The topological polar surface area (TPSA) is 0 Å². The maximum Gasteiger partial charge on any atom is 0.115 e. The monoisotopic (exact) mass is 246 g/mol. The normalized spacial score (nSPS) is 10.6. The number of aryl methyl sites for hydroxylation is 2. The minimum atomic E-state index is -0.412. The Kier molecular flexibility index (Phi) is 4.46. The molecule has 0 unspecified atom stereocenters. The van der Waals surface area contributed by atoms with Crippen LogP contribution in [0.3, 0.4) is 0 Å². The van der Waals surface area contributed by atoms with Crippen LogP contribution < -0.4 is 0 Å². The Bertz CT molecular complexity index is 424. The Balaban J connectivity index is 1.93. The molecule has 0 heterocycles. The molecule has 18 heavy (non-hydrogen) atoms. The first-order valence-corrected chi connectivity index (χ1v) is 6.09. The van der Waals surface area contributed by atoms with Gasteiger partial charge in [-0.25, -0.2) is 8.78 Å². The summed E-state index contributed by atoms with van der Waals surface area (Å²) in [6, 6.07) is 15.1. The molecular formula is C16H16F2. The number of hydrogen-bond donors (Lipinski definition) is 0. The van der Waals surface area contributed by atoms with Crippen molar-refractivity contribution in [3.63, 3.8) is 0 Å². The molecule has 0 saturated carbocycles. The fraction of sp³-hybridized carbons (Fsp3) is 0.250. The molecule has 0 aliphatic carbocycles. The largest absolute Gasteiger partial charge is 0.246 e. The molecule has 0 spiro atoms. The van der Waals surface area contributed by atoms with Crippen LogP contribution in [0.4, 0.5) is 8.78 Å². The van der Waals surface area contributed by atoms with E-state index >= 15 is 0 Å². The molecule has 2 rings (SSSR count). The molecule has 2 heteroatoms. The SMILES string of the molecule is FCc1ccc(CCc2ccc(CF)cc2)cc1. The fourth-order valence-electron chi connectivity index (χ4n) is 1.88. The van der Waals surface area contributed by atoms with Crippen LogP contribution in [-0.2, 0) is 26.2 Å². The lowest BCUT2D eigenvalue weighted by Crippen LogP contribution is -1.92. The van der Waals surface area contributed by atoms with Gasteiger partial charge in [-0.15, -0.1) is 0 Å². The summed E-state index contributed by atoms with van der Waals surface area (Å²) in [6.07, 6.45) is 1.84. The van der Waals surface area contributed by atoms with Crippen LogP contribution >= 0.6 is 0 Å².